The molecule has 21 heavy (non-hydrogen) atoms. The number of non-ortho nitro benzene ring substituents is 1. The van der Waals surface area contributed by atoms with E-state index < -0.39 is 16.6 Å². The molecule has 0 aliphatic carbocycles. The van der Waals surface area contributed by atoms with Gasteiger partial charge < -0.3 is 5.32 Å². The van der Waals surface area contributed by atoms with Gasteiger partial charge in [-0.1, -0.05) is 12.1 Å². The van der Waals surface area contributed by atoms with Crippen LogP contribution >= 0.6 is 11.6 Å². The minimum absolute atomic E-state index is 0.119. The fourth-order valence-electron chi connectivity index (χ4n) is 1.66. The lowest BCUT2D eigenvalue weighted by molar-refractivity contribution is -0.385. The van der Waals surface area contributed by atoms with Crippen LogP contribution in [0.4, 0.5) is 15.8 Å². The van der Waals surface area contributed by atoms with Crippen molar-refractivity contribution in [2.24, 2.45) is 0 Å². The van der Waals surface area contributed by atoms with Crippen LogP contribution in [0, 0.1) is 15.9 Å². The van der Waals surface area contributed by atoms with E-state index in [2.05, 4.69) is 5.32 Å². The fourth-order valence-corrected chi connectivity index (χ4v) is 1.84. The van der Waals surface area contributed by atoms with Gasteiger partial charge in [-0.25, -0.2) is 4.39 Å². The van der Waals surface area contributed by atoms with E-state index in [0.717, 1.165) is 23.8 Å². The van der Waals surface area contributed by atoms with Crippen LogP contribution in [-0.2, 0) is 5.88 Å². The molecule has 0 bridgehead atoms. The highest BCUT2D eigenvalue weighted by Crippen LogP contribution is 2.21. The highest BCUT2D eigenvalue weighted by atomic mass is 35.5. The number of nitro benzene ring substituents is 1. The molecule has 2 aromatic carbocycles. The van der Waals surface area contributed by atoms with Crippen molar-refractivity contribution in [3.8, 4) is 0 Å². The molecule has 0 aliphatic rings. The molecule has 0 heterocycles. The number of amides is 1. The number of nitrogens with one attached hydrogen (secondary N) is 1. The highest BCUT2D eigenvalue weighted by Gasteiger charge is 2.13. The van der Waals surface area contributed by atoms with Gasteiger partial charge in [0.15, 0.2) is 5.82 Å². The summed E-state index contributed by atoms with van der Waals surface area (Å²) in [7, 11) is 0. The standard InChI is InChI=1S/C14H10ClFN2O3/c15-8-9-1-3-10(4-2-9)14(19)17-13-6-5-11(18(20)21)7-12(13)16/h1-7H,8H2,(H,17,19). The van der Waals surface area contributed by atoms with Crippen LogP contribution in [0.2, 0.25) is 0 Å². The maximum Gasteiger partial charge on any atom is 0.272 e. The minimum atomic E-state index is -0.866. The van der Waals surface area contributed by atoms with E-state index in [-0.39, 0.29) is 11.4 Å². The summed E-state index contributed by atoms with van der Waals surface area (Å²) >= 11 is 5.64. The van der Waals surface area contributed by atoms with Crippen molar-refractivity contribution >= 4 is 28.9 Å². The average molecular weight is 309 g/mol. The molecule has 0 unspecified atom stereocenters. The van der Waals surface area contributed by atoms with Gasteiger partial charge in [-0.2, -0.15) is 0 Å². The summed E-state index contributed by atoms with van der Waals surface area (Å²) in [6.45, 7) is 0. The molecular formula is C14H10ClFN2O3. The van der Waals surface area contributed by atoms with Crippen LogP contribution < -0.4 is 5.32 Å². The second kappa shape index (κ2) is 6.32. The summed E-state index contributed by atoms with van der Waals surface area (Å²) < 4.78 is 13.7. The second-order valence-corrected chi connectivity index (χ2v) is 4.47. The van der Waals surface area contributed by atoms with Crippen molar-refractivity contribution in [1.29, 1.82) is 0 Å². The summed E-state index contributed by atoms with van der Waals surface area (Å²) in [4.78, 5) is 21.7. The van der Waals surface area contributed by atoms with Gasteiger partial charge in [-0.3, -0.25) is 14.9 Å². The van der Waals surface area contributed by atoms with E-state index in [4.69, 9.17) is 11.6 Å². The van der Waals surface area contributed by atoms with Gasteiger partial charge >= 0.3 is 0 Å². The number of benzene rings is 2. The molecule has 0 spiro atoms. The first-order valence-electron chi connectivity index (χ1n) is 5.91. The Bertz CT molecular complexity index is 689. The Hall–Kier alpha value is -2.47. The van der Waals surface area contributed by atoms with Crippen LogP contribution in [-0.4, -0.2) is 10.8 Å². The van der Waals surface area contributed by atoms with Crippen molar-refractivity contribution < 1.29 is 14.1 Å². The molecule has 0 saturated heterocycles. The molecule has 108 valence electrons. The number of alkyl halides is 1. The topological polar surface area (TPSA) is 72.2 Å². The van der Waals surface area contributed by atoms with Gasteiger partial charge in [0.25, 0.3) is 11.6 Å². The Balaban J connectivity index is 2.17. The zero-order chi connectivity index (χ0) is 15.4. The Morgan fingerprint density at radius 2 is 1.90 bits per heavy atom. The average Bonchev–Trinajstić information content (AvgIpc) is 2.49. The first-order valence-corrected chi connectivity index (χ1v) is 6.45. The molecule has 0 aromatic heterocycles. The number of carbonyl (C=O) groups is 1. The second-order valence-electron chi connectivity index (χ2n) is 4.21. The van der Waals surface area contributed by atoms with Gasteiger partial charge in [0, 0.05) is 17.5 Å². The predicted molar refractivity (Wildman–Crippen MR) is 77.0 cm³/mol. The summed E-state index contributed by atoms with van der Waals surface area (Å²) in [6, 6.07) is 9.54. The van der Waals surface area contributed by atoms with E-state index in [0.29, 0.717) is 11.4 Å². The van der Waals surface area contributed by atoms with Crippen LogP contribution in [0.15, 0.2) is 42.5 Å². The highest BCUT2D eigenvalue weighted by molar-refractivity contribution is 6.17. The van der Waals surface area contributed by atoms with Crippen molar-refractivity contribution in [3.05, 3.63) is 69.5 Å². The number of nitro groups is 1. The lowest BCUT2D eigenvalue weighted by Gasteiger charge is -2.06. The molecule has 0 aliphatic heterocycles. The van der Waals surface area contributed by atoms with Gasteiger partial charge in [0.2, 0.25) is 0 Å². The van der Waals surface area contributed by atoms with Gasteiger partial charge in [0.1, 0.15) is 0 Å². The molecule has 0 saturated carbocycles. The van der Waals surface area contributed by atoms with E-state index in [1.54, 1.807) is 24.3 Å². The SMILES string of the molecule is O=C(Nc1ccc([N+](=O)[O-])cc1F)c1ccc(CCl)cc1. The van der Waals surface area contributed by atoms with Crippen LogP contribution in [0.25, 0.3) is 0 Å². The largest absolute Gasteiger partial charge is 0.319 e. The zero-order valence-corrected chi connectivity index (χ0v) is 11.4. The number of halogens is 2. The van der Waals surface area contributed by atoms with E-state index >= 15 is 0 Å². The van der Waals surface area contributed by atoms with E-state index in [9.17, 15) is 19.3 Å². The van der Waals surface area contributed by atoms with Crippen molar-refractivity contribution in [2.45, 2.75) is 5.88 Å². The Labute approximate surface area is 124 Å². The van der Waals surface area contributed by atoms with E-state index in [1.807, 2.05) is 0 Å². The number of anilines is 1. The maximum atomic E-state index is 13.7. The Morgan fingerprint density at radius 1 is 1.24 bits per heavy atom. The van der Waals surface area contributed by atoms with Crippen LogP contribution in [0.3, 0.4) is 0 Å². The number of carbonyl (C=O) groups excluding carboxylic acids is 1. The maximum absolute atomic E-state index is 13.7. The van der Waals surface area contributed by atoms with Crippen LogP contribution in [0.1, 0.15) is 15.9 Å². The van der Waals surface area contributed by atoms with Gasteiger partial charge in [0.05, 0.1) is 16.7 Å². The normalized spacial score (nSPS) is 10.2. The summed E-state index contributed by atoms with van der Waals surface area (Å²) in [5.41, 5.74) is 0.695. The molecule has 2 rings (SSSR count). The smallest absolute Gasteiger partial charge is 0.272 e. The van der Waals surface area contributed by atoms with E-state index in [1.165, 1.54) is 0 Å². The zero-order valence-electron chi connectivity index (χ0n) is 10.7. The van der Waals surface area contributed by atoms with Gasteiger partial charge in [-0.05, 0) is 23.8 Å². The first kappa shape index (κ1) is 14.9. The molecule has 0 fully saturated rings. The third-order valence-electron chi connectivity index (χ3n) is 2.78. The molecule has 7 heteroatoms. The number of hydrogen-bond donors (Lipinski definition) is 1. The number of rotatable bonds is 4. The van der Waals surface area contributed by atoms with Crippen molar-refractivity contribution in [1.82, 2.24) is 0 Å². The Morgan fingerprint density at radius 3 is 2.43 bits per heavy atom. The number of hydrogen-bond acceptors (Lipinski definition) is 3. The molecule has 1 amide bonds. The monoisotopic (exact) mass is 308 g/mol. The lowest BCUT2D eigenvalue weighted by atomic mass is 10.1. The molecule has 0 radical (unpaired) electrons. The summed E-state index contributed by atoms with van der Waals surface area (Å²) in [6.07, 6.45) is 0. The molecule has 2 aromatic rings. The van der Waals surface area contributed by atoms with Crippen molar-refractivity contribution in [2.75, 3.05) is 5.32 Å². The molecule has 5 nitrogen and oxygen atoms in total. The first-order chi connectivity index (χ1) is 10.0. The molecular weight excluding hydrogens is 299 g/mol. The third-order valence-corrected chi connectivity index (χ3v) is 3.09. The third kappa shape index (κ3) is 3.55. The predicted octanol–water partition coefficient (Wildman–Crippen LogP) is 3.73. The lowest BCUT2D eigenvalue weighted by Crippen LogP contribution is -2.13. The summed E-state index contributed by atoms with van der Waals surface area (Å²) in [5, 5.41) is 12.9. The fraction of sp³-hybridized carbons (Fsp3) is 0.0714. The Kier molecular flexibility index (Phi) is 4.49. The molecule has 0 atom stereocenters. The van der Waals surface area contributed by atoms with Gasteiger partial charge in [-0.15, -0.1) is 11.6 Å². The van der Waals surface area contributed by atoms with Crippen LogP contribution in [0.5, 0.6) is 0 Å². The molecule has 1 N–H and O–H groups in total. The number of nitrogens with zero attached hydrogens (tertiary/aromatic N) is 1. The van der Waals surface area contributed by atoms with Crippen molar-refractivity contribution in [3.63, 3.8) is 0 Å². The summed E-state index contributed by atoms with van der Waals surface area (Å²) in [5.74, 6) is -1.04. The quantitative estimate of drug-likeness (QED) is 0.531. The minimum Gasteiger partial charge on any atom is -0.319 e.